The summed E-state index contributed by atoms with van der Waals surface area (Å²) in [5, 5.41) is 2.81. The maximum Gasteiger partial charge on any atom is 0.310 e. The smallest absolute Gasteiger partial charge is 0.310 e. The van der Waals surface area contributed by atoms with Gasteiger partial charge in [-0.15, -0.1) is 0 Å². The first-order valence-corrected chi connectivity index (χ1v) is 9.84. The van der Waals surface area contributed by atoms with Gasteiger partial charge in [-0.3, -0.25) is 19.3 Å². The van der Waals surface area contributed by atoms with E-state index in [0.717, 1.165) is 5.56 Å². The molecule has 0 aliphatic carbocycles. The highest BCUT2D eigenvalue weighted by atomic mass is 16.6. The van der Waals surface area contributed by atoms with Crippen LogP contribution in [-0.2, 0) is 19.1 Å². The summed E-state index contributed by atoms with van der Waals surface area (Å²) in [6.07, 6.45) is -1.04. The predicted octanol–water partition coefficient (Wildman–Crippen LogP) is 3.46. The Morgan fingerprint density at radius 2 is 1.77 bits per heavy atom. The van der Waals surface area contributed by atoms with E-state index in [2.05, 4.69) is 5.32 Å². The first-order valence-electron chi connectivity index (χ1n) is 9.84. The molecule has 1 aliphatic rings. The van der Waals surface area contributed by atoms with Crippen molar-refractivity contribution in [1.82, 2.24) is 0 Å². The number of ether oxygens (including phenoxy) is 2. The van der Waals surface area contributed by atoms with Gasteiger partial charge in [-0.05, 0) is 51.5 Å². The molecule has 0 saturated carbocycles. The van der Waals surface area contributed by atoms with E-state index in [1.807, 2.05) is 31.2 Å². The van der Waals surface area contributed by atoms with Crippen LogP contribution in [0.2, 0.25) is 0 Å². The van der Waals surface area contributed by atoms with Gasteiger partial charge >= 0.3 is 5.97 Å². The molecule has 7 nitrogen and oxygen atoms in total. The van der Waals surface area contributed by atoms with Gasteiger partial charge < -0.3 is 14.8 Å². The van der Waals surface area contributed by atoms with E-state index in [-0.39, 0.29) is 18.9 Å². The van der Waals surface area contributed by atoms with Gasteiger partial charge in [0.1, 0.15) is 11.3 Å². The van der Waals surface area contributed by atoms with Gasteiger partial charge in [0, 0.05) is 0 Å². The Bertz CT molecular complexity index is 970. The molecule has 2 amide bonds. The fraction of sp³-hybridized carbons (Fsp3) is 0.348. The zero-order valence-electron chi connectivity index (χ0n) is 17.6. The molecular weight excluding hydrogens is 384 g/mol. The van der Waals surface area contributed by atoms with E-state index >= 15 is 0 Å². The summed E-state index contributed by atoms with van der Waals surface area (Å²) in [5.74, 6) is -0.612. The fourth-order valence-corrected chi connectivity index (χ4v) is 3.30. The van der Waals surface area contributed by atoms with Crippen molar-refractivity contribution in [3.8, 4) is 5.75 Å². The van der Waals surface area contributed by atoms with Crippen molar-refractivity contribution in [1.29, 1.82) is 0 Å². The van der Waals surface area contributed by atoms with Crippen LogP contribution in [0.4, 0.5) is 11.4 Å². The molecule has 30 heavy (non-hydrogen) atoms. The Kier molecular flexibility index (Phi) is 6.10. The van der Waals surface area contributed by atoms with Gasteiger partial charge in [0.25, 0.3) is 5.91 Å². The van der Waals surface area contributed by atoms with Crippen LogP contribution < -0.4 is 15.0 Å². The summed E-state index contributed by atoms with van der Waals surface area (Å²) < 4.78 is 10.9. The Morgan fingerprint density at radius 3 is 2.50 bits per heavy atom. The lowest BCUT2D eigenvalue weighted by molar-refractivity contribution is -0.154. The van der Waals surface area contributed by atoms with Gasteiger partial charge in [0.15, 0.2) is 6.10 Å². The van der Waals surface area contributed by atoms with Crippen molar-refractivity contribution in [2.75, 3.05) is 16.8 Å². The predicted molar refractivity (Wildman–Crippen MR) is 113 cm³/mol. The molecule has 0 bridgehead atoms. The molecule has 2 aromatic carbocycles. The van der Waals surface area contributed by atoms with Crippen molar-refractivity contribution in [2.24, 2.45) is 0 Å². The first kappa shape index (κ1) is 21.4. The van der Waals surface area contributed by atoms with Crippen molar-refractivity contribution < 1.29 is 23.9 Å². The van der Waals surface area contributed by atoms with E-state index in [9.17, 15) is 14.4 Å². The molecule has 0 fully saturated rings. The summed E-state index contributed by atoms with van der Waals surface area (Å²) in [7, 11) is 0. The zero-order valence-corrected chi connectivity index (χ0v) is 17.6. The van der Waals surface area contributed by atoms with E-state index in [0.29, 0.717) is 17.1 Å². The van der Waals surface area contributed by atoms with Gasteiger partial charge in [0.2, 0.25) is 5.91 Å². The number of carbonyl (C=O) groups excluding carboxylic acids is 3. The molecule has 0 spiro atoms. The van der Waals surface area contributed by atoms with Gasteiger partial charge in [0.05, 0.1) is 24.4 Å². The van der Waals surface area contributed by atoms with Crippen molar-refractivity contribution in [3.63, 3.8) is 0 Å². The topological polar surface area (TPSA) is 84.9 Å². The Morgan fingerprint density at radius 1 is 1.10 bits per heavy atom. The molecule has 0 aromatic heterocycles. The molecule has 1 aliphatic heterocycles. The molecule has 7 heteroatoms. The number of fused-ring (bicyclic) bond motifs is 1. The molecule has 0 radical (unpaired) electrons. The summed E-state index contributed by atoms with van der Waals surface area (Å²) in [6, 6.07) is 14.5. The highest BCUT2D eigenvalue weighted by Crippen LogP contribution is 2.37. The SMILES string of the molecule is Cc1ccccc1OCCC(=O)O[C@H](C)C(=O)N1c2ccccc2NC(=O)C1(C)C. The Labute approximate surface area is 176 Å². The van der Waals surface area contributed by atoms with Crippen LogP contribution in [0.5, 0.6) is 5.75 Å². The van der Waals surface area contributed by atoms with E-state index in [1.165, 1.54) is 11.8 Å². The standard InChI is InChI=1S/C23H26N2O5/c1-15-9-5-8-12-19(15)29-14-13-20(26)30-16(2)21(27)25-18-11-7-6-10-17(18)24-22(28)23(25,3)4/h5-12,16H,13-14H2,1-4H3,(H,24,28)/t16-/m1/s1. The highest BCUT2D eigenvalue weighted by molar-refractivity contribution is 6.15. The summed E-state index contributed by atoms with van der Waals surface area (Å²) in [5.41, 5.74) is 0.956. The number of para-hydroxylation sites is 3. The quantitative estimate of drug-likeness (QED) is 0.737. The fourth-order valence-electron chi connectivity index (χ4n) is 3.30. The van der Waals surface area contributed by atoms with Gasteiger partial charge in [-0.1, -0.05) is 30.3 Å². The number of nitrogens with zero attached hydrogens (tertiary/aromatic N) is 1. The normalized spacial score (nSPS) is 15.6. The van der Waals surface area contributed by atoms with Crippen molar-refractivity contribution in [3.05, 3.63) is 54.1 Å². The first-order chi connectivity index (χ1) is 14.2. The van der Waals surface area contributed by atoms with Crippen LogP contribution in [0.15, 0.2) is 48.5 Å². The van der Waals surface area contributed by atoms with Crippen LogP contribution in [-0.4, -0.2) is 36.0 Å². The molecule has 158 valence electrons. The van der Waals surface area contributed by atoms with Crippen LogP contribution in [0, 0.1) is 6.92 Å². The summed E-state index contributed by atoms with van der Waals surface area (Å²) in [4.78, 5) is 39.3. The molecular formula is C23H26N2O5. The van der Waals surface area contributed by atoms with E-state index in [1.54, 1.807) is 38.1 Å². The highest BCUT2D eigenvalue weighted by Gasteiger charge is 2.45. The number of hydrogen-bond donors (Lipinski definition) is 1. The molecule has 0 saturated heterocycles. The summed E-state index contributed by atoms with van der Waals surface area (Å²) >= 11 is 0. The minimum Gasteiger partial charge on any atom is -0.493 e. The van der Waals surface area contributed by atoms with Gasteiger partial charge in [-0.25, -0.2) is 0 Å². The summed E-state index contributed by atoms with van der Waals surface area (Å²) in [6.45, 7) is 6.88. The van der Waals surface area contributed by atoms with E-state index in [4.69, 9.17) is 9.47 Å². The van der Waals surface area contributed by atoms with Crippen LogP contribution in [0.1, 0.15) is 32.8 Å². The lowest BCUT2D eigenvalue weighted by Gasteiger charge is -2.42. The number of esters is 1. The average molecular weight is 410 g/mol. The third-order valence-electron chi connectivity index (χ3n) is 5.04. The Balaban J connectivity index is 1.64. The Hall–Kier alpha value is -3.35. The second-order valence-electron chi connectivity index (χ2n) is 7.70. The maximum absolute atomic E-state index is 13.1. The van der Waals surface area contributed by atoms with Crippen molar-refractivity contribution >= 4 is 29.2 Å². The van der Waals surface area contributed by atoms with Crippen molar-refractivity contribution in [2.45, 2.75) is 45.8 Å². The molecule has 1 N–H and O–H groups in total. The maximum atomic E-state index is 13.1. The number of carbonyl (C=O) groups is 3. The monoisotopic (exact) mass is 410 g/mol. The zero-order chi connectivity index (χ0) is 21.9. The largest absolute Gasteiger partial charge is 0.493 e. The number of aryl methyl sites for hydroxylation is 1. The van der Waals surface area contributed by atoms with Gasteiger partial charge in [-0.2, -0.15) is 0 Å². The average Bonchev–Trinajstić information content (AvgIpc) is 2.70. The molecule has 2 aromatic rings. The third kappa shape index (κ3) is 4.30. The number of rotatable bonds is 6. The van der Waals surface area contributed by atoms with E-state index < -0.39 is 23.5 Å². The molecule has 0 unspecified atom stereocenters. The van der Waals surface area contributed by atoms with Crippen LogP contribution >= 0.6 is 0 Å². The van der Waals surface area contributed by atoms with Crippen LogP contribution in [0.3, 0.4) is 0 Å². The number of nitrogens with one attached hydrogen (secondary N) is 1. The lowest BCUT2D eigenvalue weighted by atomic mass is 9.95. The molecule has 1 atom stereocenters. The minimum atomic E-state index is -1.12. The number of benzene rings is 2. The lowest BCUT2D eigenvalue weighted by Crippen LogP contribution is -2.60. The number of amides is 2. The number of hydrogen-bond acceptors (Lipinski definition) is 5. The third-order valence-corrected chi connectivity index (χ3v) is 5.04. The second-order valence-corrected chi connectivity index (χ2v) is 7.70. The number of anilines is 2. The minimum absolute atomic E-state index is 0.00637. The second kappa shape index (κ2) is 8.57. The van der Waals surface area contributed by atoms with Crippen LogP contribution in [0.25, 0.3) is 0 Å². The molecule has 1 heterocycles. The molecule has 3 rings (SSSR count).